The Kier molecular flexibility index (Phi) is 5.06. The maximum Gasteiger partial charge on any atom is 0.333 e. The van der Waals surface area contributed by atoms with Gasteiger partial charge in [-0.1, -0.05) is 23.2 Å². The second-order valence-electron chi connectivity index (χ2n) is 3.26. The van der Waals surface area contributed by atoms with E-state index in [0.717, 1.165) is 5.56 Å². The van der Waals surface area contributed by atoms with Crippen molar-refractivity contribution in [3.05, 3.63) is 33.8 Å². The second kappa shape index (κ2) is 6.09. The molecule has 0 aromatic heterocycles. The van der Waals surface area contributed by atoms with Crippen molar-refractivity contribution >= 4 is 29.2 Å². The molecule has 0 saturated heterocycles. The van der Waals surface area contributed by atoms with Crippen LogP contribution in [0.15, 0.2) is 18.2 Å². The Hall–Kier alpha value is -0.770. The number of halogens is 2. The Morgan fingerprint density at radius 2 is 1.94 bits per heavy atom. The molecular formula is C11H12Cl2O3. The molecule has 1 atom stereocenters. The summed E-state index contributed by atoms with van der Waals surface area (Å²) in [6, 6.07) is 4.97. The van der Waals surface area contributed by atoms with Gasteiger partial charge in [-0.3, -0.25) is 0 Å². The van der Waals surface area contributed by atoms with Crippen LogP contribution in [-0.2, 0) is 16.0 Å². The number of carboxylic acid groups (broad SMARTS) is 1. The summed E-state index contributed by atoms with van der Waals surface area (Å²) in [5, 5.41) is 9.89. The van der Waals surface area contributed by atoms with Crippen molar-refractivity contribution in [3.63, 3.8) is 0 Å². The number of rotatable bonds is 5. The van der Waals surface area contributed by atoms with Gasteiger partial charge in [0, 0.05) is 23.1 Å². The maximum absolute atomic E-state index is 10.9. The molecule has 0 radical (unpaired) electrons. The minimum atomic E-state index is -0.988. The molecule has 0 aliphatic rings. The minimum absolute atomic E-state index is 0.253. The summed E-state index contributed by atoms with van der Waals surface area (Å²) in [5.41, 5.74) is 0.748. The lowest BCUT2D eigenvalue weighted by atomic mass is 10.1. The molecule has 0 aliphatic heterocycles. The van der Waals surface area contributed by atoms with Gasteiger partial charge >= 0.3 is 5.97 Å². The maximum atomic E-state index is 10.9. The fraction of sp³-hybridized carbons (Fsp3) is 0.364. The van der Waals surface area contributed by atoms with Crippen molar-refractivity contribution in [2.45, 2.75) is 19.4 Å². The van der Waals surface area contributed by atoms with E-state index in [1.165, 1.54) is 0 Å². The van der Waals surface area contributed by atoms with E-state index in [1.807, 2.05) is 0 Å². The lowest BCUT2D eigenvalue weighted by molar-refractivity contribution is -0.149. The van der Waals surface area contributed by atoms with Gasteiger partial charge in [0.05, 0.1) is 0 Å². The quantitative estimate of drug-likeness (QED) is 0.888. The molecular weight excluding hydrogens is 251 g/mol. The van der Waals surface area contributed by atoms with Crippen LogP contribution in [0.4, 0.5) is 0 Å². The van der Waals surface area contributed by atoms with E-state index in [2.05, 4.69) is 0 Å². The number of hydrogen-bond acceptors (Lipinski definition) is 2. The van der Waals surface area contributed by atoms with Gasteiger partial charge in [-0.15, -0.1) is 0 Å². The summed E-state index contributed by atoms with van der Waals surface area (Å²) in [5.74, 6) is -0.988. The summed E-state index contributed by atoms with van der Waals surface area (Å²) >= 11 is 11.6. The van der Waals surface area contributed by atoms with E-state index < -0.39 is 12.1 Å². The first-order chi connectivity index (χ1) is 7.52. The van der Waals surface area contributed by atoms with E-state index in [-0.39, 0.29) is 6.42 Å². The molecule has 0 heterocycles. The zero-order valence-electron chi connectivity index (χ0n) is 8.74. The standard InChI is InChI=1S/C11H12Cl2O3/c1-2-16-10(11(14)15)5-7-3-8(12)6-9(13)4-7/h3-4,6,10H,2,5H2,1H3,(H,14,15)/t10-/m1/s1. The molecule has 1 aromatic carbocycles. The van der Waals surface area contributed by atoms with Crippen LogP contribution in [0.2, 0.25) is 10.0 Å². The van der Waals surface area contributed by atoms with Crippen LogP contribution in [0.3, 0.4) is 0 Å². The second-order valence-corrected chi connectivity index (χ2v) is 4.14. The Labute approximate surface area is 104 Å². The van der Waals surface area contributed by atoms with Crippen LogP contribution >= 0.6 is 23.2 Å². The van der Waals surface area contributed by atoms with Gasteiger partial charge in [0.25, 0.3) is 0 Å². The molecule has 0 fully saturated rings. The SMILES string of the molecule is CCO[C@H](Cc1cc(Cl)cc(Cl)c1)C(=O)O. The third-order valence-electron chi connectivity index (χ3n) is 1.99. The number of carbonyl (C=O) groups is 1. The molecule has 5 heteroatoms. The van der Waals surface area contributed by atoms with Gasteiger partial charge < -0.3 is 9.84 Å². The summed E-state index contributed by atoms with van der Waals surface area (Å²) in [6.07, 6.45) is -0.608. The average molecular weight is 263 g/mol. The van der Waals surface area contributed by atoms with Crippen molar-refractivity contribution in [2.24, 2.45) is 0 Å². The number of ether oxygens (including phenoxy) is 1. The third kappa shape index (κ3) is 4.00. The smallest absolute Gasteiger partial charge is 0.333 e. The van der Waals surface area contributed by atoms with E-state index in [1.54, 1.807) is 25.1 Å². The van der Waals surface area contributed by atoms with Crippen LogP contribution in [0.1, 0.15) is 12.5 Å². The zero-order chi connectivity index (χ0) is 12.1. The molecule has 16 heavy (non-hydrogen) atoms. The first-order valence-electron chi connectivity index (χ1n) is 4.82. The van der Waals surface area contributed by atoms with E-state index in [4.69, 9.17) is 33.0 Å². The minimum Gasteiger partial charge on any atom is -0.479 e. The first kappa shape index (κ1) is 13.3. The number of hydrogen-bond donors (Lipinski definition) is 1. The highest BCUT2D eigenvalue weighted by atomic mass is 35.5. The highest BCUT2D eigenvalue weighted by Crippen LogP contribution is 2.20. The van der Waals surface area contributed by atoms with Gasteiger partial charge in [0.1, 0.15) is 0 Å². The molecule has 0 spiro atoms. The Bertz CT molecular complexity index is 359. The van der Waals surface area contributed by atoms with Crippen molar-refractivity contribution in [3.8, 4) is 0 Å². The largest absolute Gasteiger partial charge is 0.479 e. The van der Waals surface area contributed by atoms with E-state index in [0.29, 0.717) is 16.7 Å². The van der Waals surface area contributed by atoms with Gasteiger partial charge in [0.15, 0.2) is 6.10 Å². The molecule has 0 aliphatic carbocycles. The molecule has 0 bridgehead atoms. The number of aliphatic carboxylic acids is 1. The van der Waals surface area contributed by atoms with Gasteiger partial charge in [-0.25, -0.2) is 4.79 Å². The highest BCUT2D eigenvalue weighted by molar-refractivity contribution is 6.34. The third-order valence-corrected chi connectivity index (χ3v) is 2.42. The van der Waals surface area contributed by atoms with Crippen LogP contribution in [-0.4, -0.2) is 23.8 Å². The van der Waals surface area contributed by atoms with Crippen LogP contribution < -0.4 is 0 Å². The molecule has 0 saturated carbocycles. The fourth-order valence-corrected chi connectivity index (χ4v) is 1.93. The zero-order valence-corrected chi connectivity index (χ0v) is 10.3. The monoisotopic (exact) mass is 262 g/mol. The normalized spacial score (nSPS) is 12.4. The van der Waals surface area contributed by atoms with Crippen molar-refractivity contribution in [2.75, 3.05) is 6.61 Å². The summed E-state index contributed by atoms with van der Waals surface area (Å²) < 4.78 is 5.10. The lowest BCUT2D eigenvalue weighted by Gasteiger charge is -2.12. The van der Waals surface area contributed by atoms with Crippen LogP contribution in [0.5, 0.6) is 0 Å². The molecule has 1 rings (SSSR count). The van der Waals surface area contributed by atoms with Gasteiger partial charge in [0.2, 0.25) is 0 Å². The van der Waals surface area contributed by atoms with E-state index in [9.17, 15) is 4.79 Å². The highest BCUT2D eigenvalue weighted by Gasteiger charge is 2.18. The van der Waals surface area contributed by atoms with Crippen molar-refractivity contribution in [1.29, 1.82) is 0 Å². The molecule has 0 unspecified atom stereocenters. The predicted molar refractivity (Wildman–Crippen MR) is 63.2 cm³/mol. The molecule has 1 N–H and O–H groups in total. The average Bonchev–Trinajstić information content (AvgIpc) is 2.15. The lowest BCUT2D eigenvalue weighted by Crippen LogP contribution is -2.26. The van der Waals surface area contributed by atoms with Gasteiger partial charge in [-0.2, -0.15) is 0 Å². The summed E-state index contributed by atoms with van der Waals surface area (Å²) in [6.45, 7) is 2.10. The predicted octanol–water partition coefficient (Wildman–Crippen LogP) is 3.03. The Balaban J connectivity index is 2.80. The Morgan fingerprint density at radius 3 is 2.38 bits per heavy atom. The van der Waals surface area contributed by atoms with Crippen molar-refractivity contribution in [1.82, 2.24) is 0 Å². The summed E-state index contributed by atoms with van der Waals surface area (Å²) in [7, 11) is 0. The Morgan fingerprint density at radius 1 is 1.38 bits per heavy atom. The van der Waals surface area contributed by atoms with Crippen molar-refractivity contribution < 1.29 is 14.6 Å². The van der Waals surface area contributed by atoms with E-state index >= 15 is 0 Å². The van der Waals surface area contributed by atoms with Crippen LogP contribution in [0.25, 0.3) is 0 Å². The topological polar surface area (TPSA) is 46.5 Å². The summed E-state index contributed by atoms with van der Waals surface area (Å²) in [4.78, 5) is 10.9. The number of carboxylic acids is 1. The molecule has 0 amide bonds. The molecule has 3 nitrogen and oxygen atoms in total. The van der Waals surface area contributed by atoms with Crippen LogP contribution in [0, 0.1) is 0 Å². The fourth-order valence-electron chi connectivity index (χ4n) is 1.36. The molecule has 88 valence electrons. The van der Waals surface area contributed by atoms with Gasteiger partial charge in [-0.05, 0) is 30.7 Å². The molecule has 1 aromatic rings. The number of benzene rings is 1. The first-order valence-corrected chi connectivity index (χ1v) is 5.58.